The van der Waals surface area contributed by atoms with E-state index >= 15 is 0 Å². The lowest BCUT2D eigenvalue weighted by Crippen LogP contribution is -2.26. The van der Waals surface area contributed by atoms with Gasteiger partial charge in [0, 0.05) is 15.3 Å². The molecule has 4 heteroatoms. The highest BCUT2D eigenvalue weighted by Gasteiger charge is 2.32. The van der Waals surface area contributed by atoms with Crippen molar-refractivity contribution in [2.24, 2.45) is 0 Å². The number of benzene rings is 4. The number of aliphatic hydroxyl groups is 1. The molecular formula is C43H55BrO3. The Kier molecular flexibility index (Phi) is 13.5. The molecule has 0 saturated heterocycles. The van der Waals surface area contributed by atoms with Crippen LogP contribution in [0.5, 0.6) is 11.5 Å². The Morgan fingerprint density at radius 3 is 1.28 bits per heavy atom. The molecule has 0 aliphatic carbocycles. The molecule has 252 valence electrons. The number of aryl methyl sites for hydroxylation is 2. The standard InChI is InChI=1S/C25H34O2.C18H21BrO/c1-6-24(27,7-2)17-16-20-10-11-22(18-19(20)5)25(8-3,9-4)21-12-14-23(26)15-13-21;1-4-18(5-2,14-6-9-16(20)10-7-14)15-8-11-17(19)13(3)12-15/h10-18,26-27H,6-9H2,1-5H3;6-12,20H,4-5H2,1-3H3/b17-16+;. The van der Waals surface area contributed by atoms with E-state index in [9.17, 15) is 15.3 Å². The first-order valence-corrected chi connectivity index (χ1v) is 18.0. The van der Waals surface area contributed by atoms with Crippen LogP contribution in [-0.2, 0) is 10.8 Å². The quantitative estimate of drug-likeness (QED) is 0.138. The third kappa shape index (κ3) is 8.58. The van der Waals surface area contributed by atoms with E-state index in [0.717, 1.165) is 35.7 Å². The first-order valence-electron chi connectivity index (χ1n) is 17.3. The summed E-state index contributed by atoms with van der Waals surface area (Å²) >= 11 is 3.57. The highest BCUT2D eigenvalue weighted by Crippen LogP contribution is 2.41. The van der Waals surface area contributed by atoms with Crippen LogP contribution in [0.25, 0.3) is 6.08 Å². The van der Waals surface area contributed by atoms with Gasteiger partial charge in [0.2, 0.25) is 0 Å². The van der Waals surface area contributed by atoms with Crippen molar-refractivity contribution >= 4 is 22.0 Å². The van der Waals surface area contributed by atoms with E-state index in [0.29, 0.717) is 24.3 Å². The lowest BCUT2D eigenvalue weighted by molar-refractivity contribution is 0.0836. The van der Waals surface area contributed by atoms with Gasteiger partial charge in [-0.25, -0.2) is 0 Å². The SMILES string of the molecule is CCC(CC)(c1ccc(O)cc1)c1ccc(Br)c(C)c1.CCC(O)(/C=C/c1ccc(C(CC)(CC)c2ccc(O)cc2)cc1C)CC. The average Bonchev–Trinajstić information content (AvgIpc) is 3.09. The fourth-order valence-electron chi connectivity index (χ4n) is 6.86. The van der Waals surface area contributed by atoms with E-state index in [1.807, 2.05) is 50.3 Å². The van der Waals surface area contributed by atoms with Crippen molar-refractivity contribution in [3.05, 3.63) is 134 Å². The molecule has 0 heterocycles. The number of phenolic OH excluding ortho intramolecular Hbond substituents is 2. The molecule has 4 aromatic carbocycles. The topological polar surface area (TPSA) is 60.7 Å². The molecule has 47 heavy (non-hydrogen) atoms. The Hall–Kier alpha value is -3.34. The maximum atomic E-state index is 10.5. The predicted octanol–water partition coefficient (Wildman–Crippen LogP) is 11.9. The van der Waals surface area contributed by atoms with Crippen molar-refractivity contribution < 1.29 is 15.3 Å². The van der Waals surface area contributed by atoms with Crippen LogP contribution < -0.4 is 0 Å². The van der Waals surface area contributed by atoms with Crippen molar-refractivity contribution in [2.45, 2.75) is 110 Å². The largest absolute Gasteiger partial charge is 0.508 e. The molecule has 0 atom stereocenters. The Bertz CT molecular complexity index is 1590. The molecule has 3 N–H and O–H groups in total. The molecule has 0 fully saturated rings. The summed E-state index contributed by atoms with van der Waals surface area (Å²) in [6.45, 7) is 17.2. The summed E-state index contributed by atoms with van der Waals surface area (Å²) in [5, 5.41) is 29.7. The summed E-state index contributed by atoms with van der Waals surface area (Å²) in [7, 11) is 0. The summed E-state index contributed by atoms with van der Waals surface area (Å²) in [5.74, 6) is 0.623. The summed E-state index contributed by atoms with van der Waals surface area (Å²) in [4.78, 5) is 0. The smallest absolute Gasteiger partial charge is 0.115 e. The van der Waals surface area contributed by atoms with Crippen LogP contribution in [-0.4, -0.2) is 20.9 Å². The molecule has 4 rings (SSSR count). The van der Waals surface area contributed by atoms with Crippen LogP contribution in [0.3, 0.4) is 0 Å². The predicted molar refractivity (Wildman–Crippen MR) is 204 cm³/mol. The molecule has 0 bridgehead atoms. The van der Waals surface area contributed by atoms with Crippen molar-refractivity contribution in [2.75, 3.05) is 0 Å². The Morgan fingerprint density at radius 2 is 0.915 bits per heavy atom. The zero-order chi connectivity index (χ0) is 34.8. The van der Waals surface area contributed by atoms with Gasteiger partial charge >= 0.3 is 0 Å². The van der Waals surface area contributed by atoms with E-state index in [1.54, 1.807) is 24.3 Å². The van der Waals surface area contributed by atoms with Gasteiger partial charge in [-0.1, -0.05) is 124 Å². The molecule has 0 unspecified atom stereocenters. The first-order chi connectivity index (χ1) is 22.4. The highest BCUT2D eigenvalue weighted by atomic mass is 79.9. The third-order valence-corrected chi connectivity index (χ3v) is 11.5. The van der Waals surface area contributed by atoms with Gasteiger partial charge in [-0.05, 0) is 122 Å². The number of rotatable bonds is 12. The van der Waals surface area contributed by atoms with E-state index < -0.39 is 5.60 Å². The monoisotopic (exact) mass is 698 g/mol. The highest BCUT2D eigenvalue weighted by molar-refractivity contribution is 9.10. The first kappa shape index (κ1) is 38.1. The van der Waals surface area contributed by atoms with Gasteiger partial charge in [-0.3, -0.25) is 0 Å². The fourth-order valence-corrected chi connectivity index (χ4v) is 7.11. The third-order valence-electron chi connectivity index (χ3n) is 10.6. The molecule has 0 radical (unpaired) electrons. The summed E-state index contributed by atoms with van der Waals surface area (Å²) < 4.78 is 1.15. The Labute approximate surface area is 292 Å². The number of hydrogen-bond donors (Lipinski definition) is 3. The minimum atomic E-state index is -0.728. The Balaban J connectivity index is 0.000000267. The summed E-state index contributed by atoms with van der Waals surface area (Å²) in [5.41, 5.74) is 7.98. The van der Waals surface area contributed by atoms with Crippen LogP contribution in [0.15, 0.2) is 95.5 Å². The van der Waals surface area contributed by atoms with Gasteiger partial charge in [0.05, 0.1) is 5.60 Å². The van der Waals surface area contributed by atoms with Crippen LogP contribution in [0.1, 0.15) is 119 Å². The van der Waals surface area contributed by atoms with Crippen molar-refractivity contribution in [3.63, 3.8) is 0 Å². The van der Waals surface area contributed by atoms with Gasteiger partial charge < -0.3 is 15.3 Å². The molecule has 0 spiro atoms. The van der Waals surface area contributed by atoms with Crippen molar-refractivity contribution in [1.29, 1.82) is 0 Å². The lowest BCUT2D eigenvalue weighted by atomic mass is 9.70. The maximum absolute atomic E-state index is 10.5. The van der Waals surface area contributed by atoms with Crippen LogP contribution >= 0.6 is 15.9 Å². The fraction of sp³-hybridized carbons (Fsp3) is 0.395. The molecule has 0 aliphatic heterocycles. The van der Waals surface area contributed by atoms with Gasteiger partial charge in [-0.2, -0.15) is 0 Å². The molecule has 0 amide bonds. The van der Waals surface area contributed by atoms with Gasteiger partial charge in [0.1, 0.15) is 11.5 Å². The summed E-state index contributed by atoms with van der Waals surface area (Å²) in [6, 6.07) is 28.5. The maximum Gasteiger partial charge on any atom is 0.115 e. The average molecular weight is 700 g/mol. The number of halogens is 1. The lowest BCUT2D eigenvalue weighted by Gasteiger charge is -2.34. The number of hydrogen-bond acceptors (Lipinski definition) is 3. The van der Waals surface area contributed by atoms with Crippen LogP contribution in [0.4, 0.5) is 0 Å². The van der Waals surface area contributed by atoms with Gasteiger partial charge in [0.15, 0.2) is 0 Å². The molecule has 0 aliphatic rings. The zero-order valence-corrected chi connectivity index (χ0v) is 31.3. The zero-order valence-electron chi connectivity index (χ0n) is 29.7. The molecule has 3 nitrogen and oxygen atoms in total. The number of aromatic hydroxyl groups is 2. The minimum absolute atomic E-state index is 0.0131. The molecule has 4 aromatic rings. The second-order valence-corrected chi connectivity index (χ2v) is 13.7. The van der Waals surface area contributed by atoms with Gasteiger partial charge in [-0.15, -0.1) is 0 Å². The van der Waals surface area contributed by atoms with Gasteiger partial charge in [0.25, 0.3) is 0 Å². The van der Waals surface area contributed by atoms with E-state index in [2.05, 4.69) is 93.9 Å². The molecule has 0 aromatic heterocycles. The number of phenols is 2. The van der Waals surface area contributed by atoms with E-state index in [-0.39, 0.29) is 10.8 Å². The minimum Gasteiger partial charge on any atom is -0.508 e. The van der Waals surface area contributed by atoms with E-state index in [4.69, 9.17) is 0 Å². The van der Waals surface area contributed by atoms with Crippen LogP contribution in [0.2, 0.25) is 0 Å². The second kappa shape index (κ2) is 16.7. The van der Waals surface area contributed by atoms with E-state index in [1.165, 1.54) is 33.4 Å². The van der Waals surface area contributed by atoms with Crippen molar-refractivity contribution in [1.82, 2.24) is 0 Å². The second-order valence-electron chi connectivity index (χ2n) is 12.9. The summed E-state index contributed by atoms with van der Waals surface area (Å²) in [6.07, 6.45) is 9.47. The molecular weight excluding hydrogens is 644 g/mol. The van der Waals surface area contributed by atoms with Crippen LogP contribution in [0, 0.1) is 13.8 Å². The van der Waals surface area contributed by atoms with Crippen molar-refractivity contribution in [3.8, 4) is 11.5 Å². The normalized spacial score (nSPS) is 12.2. The molecule has 0 saturated carbocycles. The Morgan fingerprint density at radius 1 is 0.532 bits per heavy atom.